The maximum absolute atomic E-state index is 15.2. The quantitative estimate of drug-likeness (QED) is 0.388. The lowest BCUT2D eigenvalue weighted by Crippen LogP contribution is -2.16. The Balaban J connectivity index is 1.83. The van der Waals surface area contributed by atoms with E-state index < -0.39 is 46.3 Å². The predicted molar refractivity (Wildman–Crippen MR) is 124 cm³/mol. The van der Waals surface area contributed by atoms with Crippen LogP contribution in [0.25, 0.3) is 0 Å². The first-order chi connectivity index (χ1) is 16.9. The van der Waals surface area contributed by atoms with Crippen LogP contribution in [0.4, 0.5) is 18.9 Å². The highest BCUT2D eigenvalue weighted by Crippen LogP contribution is 2.36. The van der Waals surface area contributed by atoms with E-state index in [0.29, 0.717) is 0 Å². The van der Waals surface area contributed by atoms with Crippen molar-refractivity contribution in [2.45, 2.75) is 17.9 Å². The Kier molecular flexibility index (Phi) is 8.31. The number of ether oxygens (including phenoxy) is 2. The molecular weight excluding hydrogens is 546 g/mol. The number of hydrogen-bond donors (Lipinski definition) is 2. The number of rotatable bonds is 8. The molecule has 8 nitrogen and oxygen atoms in total. The molecule has 3 N–H and O–H groups in total. The van der Waals surface area contributed by atoms with E-state index in [-0.39, 0.29) is 37.5 Å². The van der Waals surface area contributed by atoms with Gasteiger partial charge in [-0.15, -0.1) is 0 Å². The molecule has 0 saturated heterocycles. The molecule has 0 radical (unpaired) electrons. The van der Waals surface area contributed by atoms with Crippen molar-refractivity contribution in [1.82, 2.24) is 0 Å². The van der Waals surface area contributed by atoms with Gasteiger partial charge in [0, 0.05) is 11.6 Å². The number of anilines is 1. The summed E-state index contributed by atoms with van der Waals surface area (Å²) in [7, 11) is -4.01. The first-order valence-corrected chi connectivity index (χ1v) is 11.9. The van der Waals surface area contributed by atoms with E-state index in [2.05, 4.69) is 10.1 Å². The minimum absolute atomic E-state index is 0.0554. The number of hydrogen-bond acceptors (Lipinski definition) is 6. The third kappa shape index (κ3) is 6.79. The highest BCUT2D eigenvalue weighted by molar-refractivity contribution is 7.89. The number of alkyl halides is 2. The fourth-order valence-corrected chi connectivity index (χ4v) is 3.95. The normalized spacial score (nSPS) is 11.2. The van der Waals surface area contributed by atoms with Crippen LogP contribution in [0.2, 0.25) is 10.0 Å². The second-order valence-electron chi connectivity index (χ2n) is 7.05. The summed E-state index contributed by atoms with van der Waals surface area (Å²) in [5, 5.41) is 16.2. The molecule has 36 heavy (non-hydrogen) atoms. The van der Waals surface area contributed by atoms with Gasteiger partial charge in [-0.05, 0) is 36.4 Å². The predicted octanol–water partition coefficient (Wildman–Crippen LogP) is 5.23. The smallest absolute Gasteiger partial charge is 0.387 e. The van der Waals surface area contributed by atoms with Gasteiger partial charge in [-0.25, -0.2) is 17.9 Å². The third-order valence-corrected chi connectivity index (χ3v) is 6.00. The first kappa shape index (κ1) is 27.1. The Morgan fingerprint density at radius 3 is 2.39 bits per heavy atom. The number of primary sulfonamides is 1. The lowest BCUT2D eigenvalue weighted by Gasteiger charge is -2.14. The number of benzene rings is 3. The minimum atomic E-state index is -4.01. The summed E-state index contributed by atoms with van der Waals surface area (Å²) in [5.41, 5.74) is -0.190. The minimum Gasteiger partial charge on any atom is -0.453 e. The monoisotopic (exact) mass is 559 g/mol. The molecule has 0 heterocycles. The zero-order valence-electron chi connectivity index (χ0n) is 17.8. The Hall–Kier alpha value is -3.50. The third-order valence-electron chi connectivity index (χ3n) is 4.48. The number of sulfonamides is 1. The van der Waals surface area contributed by atoms with Crippen LogP contribution < -0.4 is 19.9 Å². The van der Waals surface area contributed by atoms with Crippen molar-refractivity contribution < 1.29 is 35.9 Å². The first-order valence-electron chi connectivity index (χ1n) is 9.64. The van der Waals surface area contributed by atoms with Gasteiger partial charge < -0.3 is 14.8 Å². The molecule has 3 aromatic carbocycles. The van der Waals surface area contributed by atoms with Gasteiger partial charge >= 0.3 is 6.61 Å². The van der Waals surface area contributed by atoms with Gasteiger partial charge in [0.15, 0.2) is 11.6 Å². The van der Waals surface area contributed by atoms with Crippen LogP contribution in [-0.2, 0) is 21.2 Å². The highest BCUT2D eigenvalue weighted by Gasteiger charge is 2.19. The molecule has 0 aliphatic carbocycles. The van der Waals surface area contributed by atoms with Gasteiger partial charge in [-0.3, -0.25) is 4.79 Å². The molecule has 0 saturated carbocycles. The van der Waals surface area contributed by atoms with Crippen LogP contribution in [0.5, 0.6) is 17.2 Å². The zero-order valence-corrected chi connectivity index (χ0v) is 20.1. The molecule has 0 fully saturated rings. The number of nitrogens with two attached hydrogens (primary N) is 1. The topological polar surface area (TPSA) is 132 Å². The molecule has 0 spiro atoms. The summed E-state index contributed by atoms with van der Waals surface area (Å²) in [5.74, 6) is -2.86. The van der Waals surface area contributed by atoms with Crippen molar-refractivity contribution in [2.75, 3.05) is 5.32 Å². The van der Waals surface area contributed by atoms with Crippen LogP contribution >= 0.6 is 23.2 Å². The molecule has 188 valence electrons. The molecule has 3 aromatic rings. The number of nitrogens with zero attached hydrogens (tertiary/aromatic N) is 1. The Morgan fingerprint density at radius 1 is 1.08 bits per heavy atom. The number of amides is 1. The van der Waals surface area contributed by atoms with E-state index in [1.54, 1.807) is 6.07 Å². The number of nitriles is 1. The molecule has 0 atom stereocenters. The van der Waals surface area contributed by atoms with Crippen LogP contribution in [0.3, 0.4) is 0 Å². The van der Waals surface area contributed by atoms with Crippen molar-refractivity contribution >= 4 is 44.8 Å². The van der Waals surface area contributed by atoms with Gasteiger partial charge in [0.1, 0.15) is 11.5 Å². The second kappa shape index (κ2) is 11.0. The number of halogens is 5. The van der Waals surface area contributed by atoms with Crippen molar-refractivity contribution in [1.29, 1.82) is 5.26 Å². The summed E-state index contributed by atoms with van der Waals surface area (Å²) in [6, 6.07) is 10.8. The van der Waals surface area contributed by atoms with E-state index >= 15 is 4.39 Å². The highest BCUT2D eigenvalue weighted by atomic mass is 35.5. The van der Waals surface area contributed by atoms with Crippen LogP contribution in [-0.4, -0.2) is 20.9 Å². The molecule has 0 unspecified atom stereocenters. The van der Waals surface area contributed by atoms with Crippen LogP contribution in [0, 0.1) is 17.1 Å². The fourth-order valence-electron chi connectivity index (χ4n) is 2.93. The number of nitrogens with one attached hydrogen (secondary N) is 1. The molecule has 0 aliphatic heterocycles. The molecule has 3 rings (SSSR count). The van der Waals surface area contributed by atoms with Crippen molar-refractivity contribution in [3.8, 4) is 23.3 Å². The van der Waals surface area contributed by atoms with E-state index in [1.807, 2.05) is 0 Å². The number of carbonyl (C=O) groups excluding carboxylic acids is 1. The summed E-state index contributed by atoms with van der Waals surface area (Å²) in [4.78, 5) is 12.2. The van der Waals surface area contributed by atoms with Gasteiger partial charge in [-0.2, -0.15) is 14.0 Å². The Labute approximate surface area is 213 Å². The van der Waals surface area contributed by atoms with Crippen molar-refractivity contribution in [3.05, 3.63) is 75.5 Å². The van der Waals surface area contributed by atoms with E-state index in [4.69, 9.17) is 38.3 Å². The number of carbonyl (C=O) groups is 1. The standard InChI is InChI=1S/C22H14Cl2F3N3O5S/c23-16-3-1-12(7-19(31)30-18-4-2-15(9-17(18)24)36(29,32)33)20(25)21(16)34-13-5-11(10-28)6-14(8-13)35-22(26)27/h1-6,8-9,22H,7H2,(H,30,31)(H2,29,32,33). The lowest BCUT2D eigenvalue weighted by molar-refractivity contribution is -0.115. The molecule has 0 aromatic heterocycles. The van der Waals surface area contributed by atoms with E-state index in [9.17, 15) is 22.0 Å². The largest absolute Gasteiger partial charge is 0.453 e. The van der Waals surface area contributed by atoms with Crippen molar-refractivity contribution in [3.63, 3.8) is 0 Å². The van der Waals surface area contributed by atoms with Gasteiger partial charge in [0.25, 0.3) is 0 Å². The molecular formula is C22H14Cl2F3N3O5S. The molecule has 1 amide bonds. The van der Waals surface area contributed by atoms with Gasteiger partial charge in [0.05, 0.1) is 38.7 Å². The fraction of sp³-hybridized carbons (Fsp3) is 0.0909. The van der Waals surface area contributed by atoms with E-state index in [0.717, 1.165) is 30.3 Å². The Morgan fingerprint density at radius 2 is 1.78 bits per heavy atom. The zero-order chi connectivity index (χ0) is 26.6. The molecule has 0 bridgehead atoms. The van der Waals surface area contributed by atoms with Gasteiger partial charge in [0.2, 0.25) is 15.9 Å². The summed E-state index contributed by atoms with van der Waals surface area (Å²) >= 11 is 12.0. The maximum atomic E-state index is 15.2. The summed E-state index contributed by atoms with van der Waals surface area (Å²) in [6.07, 6.45) is -0.509. The Bertz CT molecular complexity index is 1480. The lowest BCUT2D eigenvalue weighted by atomic mass is 10.1. The molecule has 0 aliphatic rings. The second-order valence-corrected chi connectivity index (χ2v) is 9.42. The SMILES string of the molecule is N#Cc1cc(Oc2c(Cl)ccc(CC(=O)Nc3ccc(S(N)(=O)=O)cc3Cl)c2F)cc(OC(F)F)c1. The maximum Gasteiger partial charge on any atom is 0.387 e. The average molecular weight is 560 g/mol. The van der Waals surface area contributed by atoms with E-state index in [1.165, 1.54) is 18.2 Å². The van der Waals surface area contributed by atoms with Crippen molar-refractivity contribution in [2.24, 2.45) is 5.14 Å². The molecule has 14 heteroatoms. The summed E-state index contributed by atoms with van der Waals surface area (Å²) < 4.78 is 72.8. The van der Waals surface area contributed by atoms with Crippen LogP contribution in [0.1, 0.15) is 11.1 Å². The van der Waals surface area contributed by atoms with Crippen LogP contribution in [0.15, 0.2) is 53.4 Å². The average Bonchev–Trinajstić information content (AvgIpc) is 2.78. The summed E-state index contributed by atoms with van der Waals surface area (Å²) in [6.45, 7) is -3.17. The van der Waals surface area contributed by atoms with Gasteiger partial charge in [-0.1, -0.05) is 29.3 Å².